The molecule has 0 unspecified atom stereocenters. The van der Waals surface area contributed by atoms with E-state index in [2.05, 4.69) is 49.3 Å². The van der Waals surface area contributed by atoms with E-state index in [9.17, 15) is 0 Å². The van der Waals surface area contributed by atoms with E-state index in [1.165, 1.54) is 5.56 Å². The van der Waals surface area contributed by atoms with Gasteiger partial charge in [-0.05, 0) is 46.1 Å². The molecule has 3 aromatic heterocycles. The maximum Gasteiger partial charge on any atom is 0.243 e. The molecule has 3 rings (SSSR count). The Kier molecular flexibility index (Phi) is 3.64. The average Bonchev–Trinajstić information content (AvgIpc) is 2.87. The second-order valence-electron chi connectivity index (χ2n) is 4.40. The first kappa shape index (κ1) is 13.1. The molecule has 0 saturated carbocycles. The summed E-state index contributed by atoms with van der Waals surface area (Å²) in [7, 11) is 0. The SMILES string of the molecule is CCc1cccnc1CNc1nc2ccc(Br)cn2n1. The van der Waals surface area contributed by atoms with Crippen molar-refractivity contribution in [1.82, 2.24) is 19.6 Å². The van der Waals surface area contributed by atoms with Crippen LogP contribution in [0.5, 0.6) is 0 Å². The van der Waals surface area contributed by atoms with E-state index in [1.807, 2.05) is 30.6 Å². The van der Waals surface area contributed by atoms with Crippen molar-refractivity contribution >= 4 is 27.5 Å². The number of hydrogen-bond donors (Lipinski definition) is 1. The molecule has 102 valence electrons. The van der Waals surface area contributed by atoms with Crippen molar-refractivity contribution in [2.75, 3.05) is 5.32 Å². The minimum atomic E-state index is 0.607. The van der Waals surface area contributed by atoms with Crippen LogP contribution < -0.4 is 5.32 Å². The van der Waals surface area contributed by atoms with Gasteiger partial charge in [0, 0.05) is 16.9 Å². The van der Waals surface area contributed by atoms with Gasteiger partial charge in [-0.25, -0.2) is 4.52 Å². The van der Waals surface area contributed by atoms with Gasteiger partial charge in [0.05, 0.1) is 12.2 Å². The summed E-state index contributed by atoms with van der Waals surface area (Å²) >= 11 is 3.42. The molecule has 0 bridgehead atoms. The fraction of sp³-hybridized carbons (Fsp3) is 0.214. The molecule has 6 heteroatoms. The summed E-state index contributed by atoms with van der Waals surface area (Å²) in [6, 6.07) is 7.92. The molecular weight excluding hydrogens is 318 g/mol. The third-order valence-electron chi connectivity index (χ3n) is 3.07. The van der Waals surface area contributed by atoms with Gasteiger partial charge in [-0.1, -0.05) is 13.0 Å². The maximum atomic E-state index is 4.42. The molecule has 0 aromatic carbocycles. The minimum Gasteiger partial charge on any atom is -0.347 e. The smallest absolute Gasteiger partial charge is 0.243 e. The molecule has 0 spiro atoms. The highest BCUT2D eigenvalue weighted by molar-refractivity contribution is 9.10. The Morgan fingerprint density at radius 1 is 1.30 bits per heavy atom. The van der Waals surface area contributed by atoms with Crippen LogP contribution >= 0.6 is 15.9 Å². The van der Waals surface area contributed by atoms with Crippen LogP contribution in [0.3, 0.4) is 0 Å². The van der Waals surface area contributed by atoms with E-state index in [-0.39, 0.29) is 0 Å². The second kappa shape index (κ2) is 5.58. The zero-order chi connectivity index (χ0) is 13.9. The summed E-state index contributed by atoms with van der Waals surface area (Å²) in [5.41, 5.74) is 3.09. The Bertz CT molecular complexity index is 737. The average molecular weight is 332 g/mol. The van der Waals surface area contributed by atoms with Crippen LogP contribution in [0.25, 0.3) is 5.65 Å². The molecule has 0 amide bonds. The number of aromatic nitrogens is 4. The highest BCUT2D eigenvalue weighted by Crippen LogP contribution is 2.13. The number of halogens is 1. The van der Waals surface area contributed by atoms with E-state index >= 15 is 0 Å². The Hall–Kier alpha value is -1.95. The van der Waals surface area contributed by atoms with Crippen molar-refractivity contribution in [2.24, 2.45) is 0 Å². The number of fused-ring (bicyclic) bond motifs is 1. The molecule has 0 radical (unpaired) electrons. The monoisotopic (exact) mass is 331 g/mol. The Balaban J connectivity index is 1.79. The Morgan fingerprint density at radius 2 is 2.20 bits per heavy atom. The summed E-state index contributed by atoms with van der Waals surface area (Å²) in [6.45, 7) is 2.75. The largest absolute Gasteiger partial charge is 0.347 e. The Morgan fingerprint density at radius 3 is 3.05 bits per heavy atom. The number of rotatable bonds is 4. The zero-order valence-electron chi connectivity index (χ0n) is 11.0. The normalized spacial score (nSPS) is 10.9. The van der Waals surface area contributed by atoms with Crippen LogP contribution in [0.15, 0.2) is 41.1 Å². The predicted octanol–water partition coefficient (Wildman–Crippen LogP) is 3.06. The number of nitrogens with zero attached hydrogens (tertiary/aromatic N) is 4. The zero-order valence-corrected chi connectivity index (χ0v) is 12.6. The second-order valence-corrected chi connectivity index (χ2v) is 5.32. The lowest BCUT2D eigenvalue weighted by Crippen LogP contribution is -2.06. The summed E-state index contributed by atoms with van der Waals surface area (Å²) in [6.07, 6.45) is 4.66. The highest BCUT2D eigenvalue weighted by Gasteiger charge is 2.05. The van der Waals surface area contributed by atoms with Crippen LogP contribution in [0.4, 0.5) is 5.95 Å². The summed E-state index contributed by atoms with van der Waals surface area (Å²) in [4.78, 5) is 8.82. The topological polar surface area (TPSA) is 55.1 Å². The molecule has 20 heavy (non-hydrogen) atoms. The van der Waals surface area contributed by atoms with Gasteiger partial charge in [0.2, 0.25) is 5.95 Å². The number of nitrogens with one attached hydrogen (secondary N) is 1. The van der Waals surface area contributed by atoms with E-state index in [1.54, 1.807) is 4.52 Å². The quantitative estimate of drug-likeness (QED) is 0.798. The van der Waals surface area contributed by atoms with Crippen LogP contribution in [0, 0.1) is 0 Å². The summed E-state index contributed by atoms with van der Waals surface area (Å²) in [5.74, 6) is 0.607. The fourth-order valence-electron chi connectivity index (χ4n) is 2.05. The van der Waals surface area contributed by atoms with Gasteiger partial charge in [-0.2, -0.15) is 4.98 Å². The first-order chi connectivity index (χ1) is 9.76. The minimum absolute atomic E-state index is 0.607. The lowest BCUT2D eigenvalue weighted by Gasteiger charge is -2.06. The predicted molar refractivity (Wildman–Crippen MR) is 81.6 cm³/mol. The van der Waals surface area contributed by atoms with Gasteiger partial charge in [-0.3, -0.25) is 4.98 Å². The molecule has 0 aliphatic heterocycles. The molecule has 5 nitrogen and oxygen atoms in total. The molecule has 0 atom stereocenters. The molecular formula is C14H14BrN5. The fourth-order valence-corrected chi connectivity index (χ4v) is 2.37. The first-order valence-corrected chi connectivity index (χ1v) is 7.24. The van der Waals surface area contributed by atoms with E-state index in [0.29, 0.717) is 12.5 Å². The summed E-state index contributed by atoms with van der Waals surface area (Å²) < 4.78 is 2.71. The number of pyridine rings is 2. The van der Waals surface area contributed by atoms with Crippen molar-refractivity contribution in [2.45, 2.75) is 19.9 Å². The van der Waals surface area contributed by atoms with Gasteiger partial charge in [0.25, 0.3) is 0 Å². The highest BCUT2D eigenvalue weighted by atomic mass is 79.9. The van der Waals surface area contributed by atoms with Crippen LogP contribution in [0.2, 0.25) is 0 Å². The van der Waals surface area contributed by atoms with Crippen LogP contribution in [-0.4, -0.2) is 19.6 Å². The Labute approximate surface area is 125 Å². The summed E-state index contributed by atoms with van der Waals surface area (Å²) in [5, 5.41) is 7.60. The first-order valence-electron chi connectivity index (χ1n) is 6.45. The van der Waals surface area contributed by atoms with Crippen LogP contribution in [0.1, 0.15) is 18.2 Å². The lowest BCUT2D eigenvalue weighted by atomic mass is 10.1. The van der Waals surface area contributed by atoms with Gasteiger partial charge in [0.15, 0.2) is 5.65 Å². The molecule has 0 saturated heterocycles. The number of hydrogen-bond acceptors (Lipinski definition) is 4. The van der Waals surface area contributed by atoms with Gasteiger partial charge < -0.3 is 5.32 Å². The van der Waals surface area contributed by atoms with Gasteiger partial charge in [0.1, 0.15) is 0 Å². The molecule has 0 aliphatic carbocycles. The van der Waals surface area contributed by atoms with E-state index in [4.69, 9.17) is 0 Å². The van der Waals surface area contributed by atoms with Gasteiger partial charge in [-0.15, -0.1) is 5.10 Å². The van der Waals surface area contributed by atoms with Crippen molar-refractivity contribution in [3.05, 3.63) is 52.4 Å². The third-order valence-corrected chi connectivity index (χ3v) is 3.54. The standard InChI is InChI=1S/C14H14BrN5/c1-2-10-4-3-7-16-12(10)8-17-14-18-13-6-5-11(15)9-20(13)19-14/h3-7,9H,2,8H2,1H3,(H,17,19). The molecule has 0 fully saturated rings. The van der Waals surface area contributed by atoms with Crippen molar-refractivity contribution in [3.8, 4) is 0 Å². The number of aryl methyl sites for hydroxylation is 1. The molecule has 1 N–H and O–H groups in total. The molecule has 3 heterocycles. The van der Waals surface area contributed by atoms with E-state index in [0.717, 1.165) is 22.2 Å². The molecule has 3 aromatic rings. The number of anilines is 1. The van der Waals surface area contributed by atoms with Crippen molar-refractivity contribution < 1.29 is 0 Å². The third kappa shape index (κ3) is 2.65. The van der Waals surface area contributed by atoms with Crippen LogP contribution in [-0.2, 0) is 13.0 Å². The van der Waals surface area contributed by atoms with Crippen molar-refractivity contribution in [1.29, 1.82) is 0 Å². The van der Waals surface area contributed by atoms with E-state index < -0.39 is 0 Å². The van der Waals surface area contributed by atoms with Gasteiger partial charge >= 0.3 is 0 Å². The maximum absolute atomic E-state index is 4.42. The molecule has 0 aliphatic rings. The lowest BCUT2D eigenvalue weighted by molar-refractivity contribution is 0.924. The van der Waals surface area contributed by atoms with Crippen molar-refractivity contribution in [3.63, 3.8) is 0 Å².